The van der Waals surface area contributed by atoms with Crippen LogP contribution in [0.5, 0.6) is 17.2 Å². The molecule has 0 amide bonds. The van der Waals surface area contributed by atoms with E-state index >= 15 is 0 Å². The van der Waals surface area contributed by atoms with Crippen LogP contribution in [0, 0.1) is 5.82 Å². The molecule has 0 fully saturated rings. The summed E-state index contributed by atoms with van der Waals surface area (Å²) in [5.41, 5.74) is 0.833. The fourth-order valence-corrected chi connectivity index (χ4v) is 1.94. The van der Waals surface area contributed by atoms with E-state index in [-0.39, 0.29) is 5.82 Å². The predicted molar refractivity (Wildman–Crippen MR) is 71.3 cm³/mol. The molecule has 0 saturated heterocycles. The fourth-order valence-electron chi connectivity index (χ4n) is 1.94. The molecular formula is C15H12FNO2. The Kier molecular flexibility index (Phi) is 2.83. The van der Waals surface area contributed by atoms with Crippen molar-refractivity contribution in [3.63, 3.8) is 0 Å². The first kappa shape index (κ1) is 11.6. The van der Waals surface area contributed by atoms with Crippen molar-refractivity contribution < 1.29 is 13.9 Å². The molecule has 1 heterocycles. The molecule has 3 nitrogen and oxygen atoms in total. The Balaban J connectivity index is 1.98. The second-order valence-corrected chi connectivity index (χ2v) is 4.12. The summed E-state index contributed by atoms with van der Waals surface area (Å²) in [6.45, 7) is 0. The van der Waals surface area contributed by atoms with E-state index in [9.17, 15) is 4.39 Å². The number of rotatable bonds is 3. The highest BCUT2D eigenvalue weighted by Crippen LogP contribution is 2.31. The zero-order valence-corrected chi connectivity index (χ0v) is 10.3. The third-order valence-electron chi connectivity index (χ3n) is 2.87. The molecule has 19 heavy (non-hydrogen) atoms. The average molecular weight is 257 g/mol. The molecule has 96 valence electrons. The molecule has 0 spiro atoms. The van der Waals surface area contributed by atoms with Gasteiger partial charge in [0.05, 0.1) is 7.11 Å². The van der Waals surface area contributed by atoms with E-state index in [1.807, 2.05) is 18.2 Å². The van der Waals surface area contributed by atoms with Gasteiger partial charge < -0.3 is 14.5 Å². The van der Waals surface area contributed by atoms with Gasteiger partial charge in [-0.2, -0.15) is 0 Å². The third kappa shape index (κ3) is 2.25. The van der Waals surface area contributed by atoms with Crippen molar-refractivity contribution in [1.29, 1.82) is 0 Å². The topological polar surface area (TPSA) is 34.2 Å². The normalized spacial score (nSPS) is 10.6. The maximum atomic E-state index is 13.3. The number of ether oxygens (including phenoxy) is 2. The van der Waals surface area contributed by atoms with Gasteiger partial charge in [0, 0.05) is 23.2 Å². The number of halogens is 1. The van der Waals surface area contributed by atoms with Gasteiger partial charge in [-0.05, 0) is 30.3 Å². The highest BCUT2D eigenvalue weighted by atomic mass is 19.1. The number of aromatic nitrogens is 1. The van der Waals surface area contributed by atoms with Crippen molar-refractivity contribution in [3.8, 4) is 17.2 Å². The monoisotopic (exact) mass is 257 g/mol. The number of nitrogens with one attached hydrogen (secondary N) is 1. The first-order valence-corrected chi connectivity index (χ1v) is 5.85. The summed E-state index contributed by atoms with van der Waals surface area (Å²) in [5.74, 6) is 1.65. The molecule has 4 heteroatoms. The third-order valence-corrected chi connectivity index (χ3v) is 2.87. The molecule has 0 radical (unpaired) electrons. The molecule has 0 saturated carbocycles. The molecule has 0 aliphatic carbocycles. The fraction of sp³-hybridized carbons (Fsp3) is 0.0667. The van der Waals surface area contributed by atoms with E-state index in [4.69, 9.17) is 9.47 Å². The van der Waals surface area contributed by atoms with Crippen molar-refractivity contribution >= 4 is 10.9 Å². The van der Waals surface area contributed by atoms with Crippen LogP contribution in [0.15, 0.2) is 48.7 Å². The van der Waals surface area contributed by atoms with Crippen LogP contribution in [0.25, 0.3) is 10.9 Å². The van der Waals surface area contributed by atoms with Crippen molar-refractivity contribution in [3.05, 3.63) is 54.5 Å². The van der Waals surface area contributed by atoms with E-state index in [0.29, 0.717) is 22.6 Å². The van der Waals surface area contributed by atoms with E-state index in [1.165, 1.54) is 12.1 Å². The van der Waals surface area contributed by atoms with Crippen LogP contribution in [0.1, 0.15) is 0 Å². The minimum absolute atomic E-state index is 0.289. The van der Waals surface area contributed by atoms with Crippen LogP contribution in [0.4, 0.5) is 4.39 Å². The largest absolute Gasteiger partial charge is 0.497 e. The maximum absolute atomic E-state index is 13.3. The van der Waals surface area contributed by atoms with Crippen LogP contribution in [0.2, 0.25) is 0 Å². The Morgan fingerprint density at radius 3 is 2.74 bits per heavy atom. The van der Waals surface area contributed by atoms with Gasteiger partial charge in [0.2, 0.25) is 0 Å². The first-order chi connectivity index (χ1) is 9.26. The number of fused-ring (bicyclic) bond motifs is 1. The van der Waals surface area contributed by atoms with Crippen molar-refractivity contribution in [2.45, 2.75) is 0 Å². The standard InChI is InChI=1S/C15H12FNO2/c1-18-11-3-2-4-12(8-11)19-15-9-17-14-6-5-10(16)7-13(14)15/h2-9,17H,1H3. The Bertz CT molecular complexity index is 721. The van der Waals surface area contributed by atoms with Crippen LogP contribution < -0.4 is 9.47 Å². The molecule has 0 aliphatic rings. The van der Waals surface area contributed by atoms with Crippen LogP contribution >= 0.6 is 0 Å². The quantitative estimate of drug-likeness (QED) is 0.766. The number of hydrogen-bond donors (Lipinski definition) is 1. The van der Waals surface area contributed by atoms with Crippen molar-refractivity contribution in [2.24, 2.45) is 0 Å². The molecule has 0 bridgehead atoms. The van der Waals surface area contributed by atoms with Crippen LogP contribution in [0.3, 0.4) is 0 Å². The molecule has 1 aromatic heterocycles. The lowest BCUT2D eigenvalue weighted by molar-refractivity contribution is 0.409. The summed E-state index contributed by atoms with van der Waals surface area (Å²) < 4.78 is 24.1. The second-order valence-electron chi connectivity index (χ2n) is 4.12. The summed E-state index contributed by atoms with van der Waals surface area (Å²) >= 11 is 0. The Morgan fingerprint density at radius 1 is 1.05 bits per heavy atom. The minimum atomic E-state index is -0.289. The highest BCUT2D eigenvalue weighted by molar-refractivity contribution is 5.86. The van der Waals surface area contributed by atoms with Gasteiger partial charge in [0.15, 0.2) is 5.75 Å². The van der Waals surface area contributed by atoms with Crippen LogP contribution in [-0.2, 0) is 0 Å². The number of hydrogen-bond acceptors (Lipinski definition) is 2. The van der Waals surface area contributed by atoms with Gasteiger partial charge in [-0.3, -0.25) is 0 Å². The van der Waals surface area contributed by atoms with E-state index < -0.39 is 0 Å². The number of aromatic amines is 1. The second kappa shape index (κ2) is 4.65. The molecular weight excluding hydrogens is 245 g/mol. The predicted octanol–water partition coefficient (Wildman–Crippen LogP) is 4.11. The lowest BCUT2D eigenvalue weighted by atomic mass is 10.2. The first-order valence-electron chi connectivity index (χ1n) is 5.85. The summed E-state index contributed by atoms with van der Waals surface area (Å²) in [4.78, 5) is 3.04. The summed E-state index contributed by atoms with van der Waals surface area (Å²) in [6, 6.07) is 11.8. The molecule has 0 atom stereocenters. The minimum Gasteiger partial charge on any atom is -0.497 e. The van der Waals surface area contributed by atoms with Crippen molar-refractivity contribution in [1.82, 2.24) is 4.98 Å². The molecule has 0 unspecified atom stereocenters. The van der Waals surface area contributed by atoms with Gasteiger partial charge in [-0.15, -0.1) is 0 Å². The lowest BCUT2D eigenvalue weighted by Crippen LogP contribution is -1.86. The SMILES string of the molecule is COc1cccc(Oc2c[nH]c3ccc(F)cc23)c1. The number of H-pyrrole nitrogens is 1. The Labute approximate surface area is 109 Å². The van der Waals surface area contributed by atoms with Gasteiger partial charge >= 0.3 is 0 Å². The van der Waals surface area contributed by atoms with Crippen molar-refractivity contribution in [2.75, 3.05) is 7.11 Å². The summed E-state index contributed by atoms with van der Waals surface area (Å²) in [5, 5.41) is 0.711. The van der Waals surface area contributed by atoms with Gasteiger partial charge in [0.1, 0.15) is 17.3 Å². The smallest absolute Gasteiger partial charge is 0.152 e. The lowest BCUT2D eigenvalue weighted by Gasteiger charge is -2.06. The van der Waals surface area contributed by atoms with Crippen LogP contribution in [-0.4, -0.2) is 12.1 Å². The van der Waals surface area contributed by atoms with E-state index in [1.54, 1.807) is 25.4 Å². The Hall–Kier alpha value is -2.49. The van der Waals surface area contributed by atoms with Gasteiger partial charge in [0.25, 0.3) is 0 Å². The van der Waals surface area contributed by atoms with E-state index in [2.05, 4.69) is 4.98 Å². The molecule has 1 N–H and O–H groups in total. The molecule has 0 aliphatic heterocycles. The van der Waals surface area contributed by atoms with E-state index in [0.717, 1.165) is 5.52 Å². The number of benzene rings is 2. The Morgan fingerprint density at radius 2 is 1.89 bits per heavy atom. The highest BCUT2D eigenvalue weighted by Gasteiger charge is 2.07. The zero-order chi connectivity index (χ0) is 13.2. The van der Waals surface area contributed by atoms with Gasteiger partial charge in [-0.1, -0.05) is 6.07 Å². The molecule has 2 aromatic carbocycles. The molecule has 3 aromatic rings. The maximum Gasteiger partial charge on any atom is 0.152 e. The average Bonchev–Trinajstić information content (AvgIpc) is 2.81. The van der Waals surface area contributed by atoms with Gasteiger partial charge in [-0.25, -0.2) is 4.39 Å². The number of methoxy groups -OCH3 is 1. The molecule has 3 rings (SSSR count). The summed E-state index contributed by atoms with van der Waals surface area (Å²) in [6.07, 6.45) is 1.71. The zero-order valence-electron chi connectivity index (χ0n) is 10.3. The summed E-state index contributed by atoms with van der Waals surface area (Å²) in [7, 11) is 1.60.